The number of carbonyl (C=O) groups excluding carboxylic acids is 1. The summed E-state index contributed by atoms with van der Waals surface area (Å²) in [6.07, 6.45) is 0. The van der Waals surface area contributed by atoms with Crippen molar-refractivity contribution in [2.24, 2.45) is 0 Å². The standard InChI is InChI=1S/C24H20ClN3O3S/c1-16(23(29)30-2)32-24-27-26-22(17-8-10-18(25)11-9-17)28(24)19-12-14-21(15-13-19)31-20-6-4-3-5-7-20/h3-16H,1-2H3/t16-/m1/s1. The summed E-state index contributed by atoms with van der Waals surface area (Å²) in [5.74, 6) is 1.77. The average Bonchev–Trinajstić information content (AvgIpc) is 3.23. The van der Waals surface area contributed by atoms with Gasteiger partial charge in [-0.15, -0.1) is 10.2 Å². The van der Waals surface area contributed by atoms with Gasteiger partial charge in [-0.3, -0.25) is 9.36 Å². The molecule has 0 unspecified atom stereocenters. The Hall–Kier alpha value is -3.29. The molecule has 0 radical (unpaired) electrons. The summed E-state index contributed by atoms with van der Waals surface area (Å²) in [6, 6.07) is 24.6. The molecule has 0 saturated heterocycles. The van der Waals surface area contributed by atoms with E-state index in [0.29, 0.717) is 21.8 Å². The highest BCUT2D eigenvalue weighted by molar-refractivity contribution is 8.00. The summed E-state index contributed by atoms with van der Waals surface area (Å²) in [7, 11) is 1.37. The molecular formula is C24H20ClN3O3S. The zero-order chi connectivity index (χ0) is 22.5. The van der Waals surface area contributed by atoms with E-state index in [0.717, 1.165) is 17.0 Å². The third-order valence-corrected chi connectivity index (χ3v) is 5.90. The van der Waals surface area contributed by atoms with Crippen molar-refractivity contribution in [2.75, 3.05) is 7.11 Å². The molecule has 8 heteroatoms. The van der Waals surface area contributed by atoms with Crippen LogP contribution < -0.4 is 4.74 Å². The van der Waals surface area contributed by atoms with Crippen molar-refractivity contribution >= 4 is 29.3 Å². The zero-order valence-corrected chi connectivity index (χ0v) is 19.0. The second-order valence-electron chi connectivity index (χ2n) is 6.84. The first-order chi connectivity index (χ1) is 15.5. The van der Waals surface area contributed by atoms with Gasteiger partial charge in [-0.1, -0.05) is 41.6 Å². The molecule has 0 amide bonds. The van der Waals surface area contributed by atoms with Gasteiger partial charge in [0, 0.05) is 16.3 Å². The summed E-state index contributed by atoms with van der Waals surface area (Å²) in [4.78, 5) is 12.0. The van der Waals surface area contributed by atoms with Gasteiger partial charge in [0.25, 0.3) is 0 Å². The van der Waals surface area contributed by atoms with Crippen molar-refractivity contribution in [1.29, 1.82) is 0 Å². The third-order valence-electron chi connectivity index (χ3n) is 4.62. The van der Waals surface area contributed by atoms with E-state index in [2.05, 4.69) is 10.2 Å². The van der Waals surface area contributed by atoms with E-state index in [9.17, 15) is 4.79 Å². The molecule has 1 heterocycles. The smallest absolute Gasteiger partial charge is 0.318 e. The lowest BCUT2D eigenvalue weighted by atomic mass is 10.2. The van der Waals surface area contributed by atoms with Crippen molar-refractivity contribution in [3.05, 3.63) is 83.9 Å². The second-order valence-corrected chi connectivity index (χ2v) is 8.59. The Labute approximate surface area is 195 Å². The molecule has 4 aromatic rings. The highest BCUT2D eigenvalue weighted by Crippen LogP contribution is 2.32. The fourth-order valence-corrected chi connectivity index (χ4v) is 4.04. The molecular weight excluding hydrogens is 446 g/mol. The molecule has 0 bridgehead atoms. The lowest BCUT2D eigenvalue weighted by Gasteiger charge is -2.13. The van der Waals surface area contributed by atoms with Crippen LogP contribution in [0.1, 0.15) is 6.92 Å². The van der Waals surface area contributed by atoms with Crippen LogP contribution in [0.5, 0.6) is 11.5 Å². The maximum absolute atomic E-state index is 12.0. The monoisotopic (exact) mass is 465 g/mol. The first-order valence-electron chi connectivity index (χ1n) is 9.84. The maximum Gasteiger partial charge on any atom is 0.318 e. The minimum Gasteiger partial charge on any atom is -0.468 e. The highest BCUT2D eigenvalue weighted by Gasteiger charge is 2.22. The number of esters is 1. The van der Waals surface area contributed by atoms with Gasteiger partial charge in [0.15, 0.2) is 11.0 Å². The van der Waals surface area contributed by atoms with Crippen molar-refractivity contribution in [3.63, 3.8) is 0 Å². The number of nitrogens with zero attached hydrogens (tertiary/aromatic N) is 3. The molecule has 162 valence electrons. The molecule has 6 nitrogen and oxygen atoms in total. The van der Waals surface area contributed by atoms with E-state index < -0.39 is 5.25 Å². The maximum atomic E-state index is 12.0. The molecule has 3 aromatic carbocycles. The summed E-state index contributed by atoms with van der Waals surface area (Å²) in [5.41, 5.74) is 1.68. The minimum absolute atomic E-state index is 0.329. The zero-order valence-electron chi connectivity index (χ0n) is 17.4. The van der Waals surface area contributed by atoms with Crippen LogP contribution in [0.3, 0.4) is 0 Å². The van der Waals surface area contributed by atoms with Gasteiger partial charge < -0.3 is 9.47 Å². The summed E-state index contributed by atoms with van der Waals surface area (Å²) in [5, 5.41) is 9.49. The number of halogens is 1. The fourth-order valence-electron chi connectivity index (χ4n) is 3.03. The highest BCUT2D eigenvalue weighted by atomic mass is 35.5. The van der Waals surface area contributed by atoms with Crippen LogP contribution >= 0.6 is 23.4 Å². The van der Waals surface area contributed by atoms with Crippen LogP contribution in [0.15, 0.2) is 84.0 Å². The van der Waals surface area contributed by atoms with Crippen LogP contribution in [-0.4, -0.2) is 33.1 Å². The molecule has 0 spiro atoms. The van der Waals surface area contributed by atoms with E-state index in [1.54, 1.807) is 19.1 Å². The van der Waals surface area contributed by atoms with E-state index in [-0.39, 0.29) is 5.97 Å². The Morgan fingerprint density at radius 1 is 0.938 bits per heavy atom. The van der Waals surface area contributed by atoms with E-state index in [1.165, 1.54) is 18.9 Å². The number of methoxy groups -OCH3 is 1. The second kappa shape index (κ2) is 9.89. The van der Waals surface area contributed by atoms with Crippen molar-refractivity contribution in [2.45, 2.75) is 17.3 Å². The number of carbonyl (C=O) groups is 1. The molecule has 0 fully saturated rings. The van der Waals surface area contributed by atoms with E-state index in [4.69, 9.17) is 21.1 Å². The largest absolute Gasteiger partial charge is 0.468 e. The third kappa shape index (κ3) is 4.95. The lowest BCUT2D eigenvalue weighted by Crippen LogP contribution is -2.15. The van der Waals surface area contributed by atoms with Crippen LogP contribution in [0, 0.1) is 0 Å². The van der Waals surface area contributed by atoms with E-state index in [1.807, 2.05) is 71.3 Å². The van der Waals surface area contributed by atoms with Gasteiger partial charge in [-0.25, -0.2) is 0 Å². The van der Waals surface area contributed by atoms with Crippen molar-refractivity contribution in [3.8, 4) is 28.6 Å². The minimum atomic E-state index is -0.443. The van der Waals surface area contributed by atoms with Gasteiger partial charge in [-0.05, 0) is 67.6 Å². The molecule has 1 atom stereocenters. The van der Waals surface area contributed by atoms with Gasteiger partial charge in [0.2, 0.25) is 0 Å². The number of hydrogen-bond acceptors (Lipinski definition) is 6. The van der Waals surface area contributed by atoms with Crippen LogP contribution in [0.2, 0.25) is 5.02 Å². The Bertz CT molecular complexity index is 1200. The Balaban J connectivity index is 1.70. The van der Waals surface area contributed by atoms with Crippen LogP contribution in [-0.2, 0) is 9.53 Å². The number of ether oxygens (including phenoxy) is 2. The number of aromatic nitrogens is 3. The first kappa shape index (κ1) is 21.9. The van der Waals surface area contributed by atoms with Gasteiger partial charge in [-0.2, -0.15) is 0 Å². The molecule has 0 saturated carbocycles. The quantitative estimate of drug-likeness (QED) is 0.245. The Kier molecular flexibility index (Phi) is 6.78. The predicted molar refractivity (Wildman–Crippen MR) is 126 cm³/mol. The number of thioether (sulfide) groups is 1. The number of benzene rings is 3. The summed E-state index contributed by atoms with van der Waals surface area (Å²) >= 11 is 7.33. The van der Waals surface area contributed by atoms with Crippen molar-refractivity contribution in [1.82, 2.24) is 14.8 Å². The SMILES string of the molecule is COC(=O)[C@@H](C)Sc1nnc(-c2ccc(Cl)cc2)n1-c1ccc(Oc2ccccc2)cc1. The summed E-state index contributed by atoms with van der Waals surface area (Å²) < 4.78 is 12.7. The number of hydrogen-bond donors (Lipinski definition) is 0. The normalized spacial score (nSPS) is 11.7. The molecule has 0 aliphatic heterocycles. The predicted octanol–water partition coefficient (Wildman–Crippen LogP) is 6.03. The number of para-hydroxylation sites is 1. The fraction of sp³-hybridized carbons (Fsp3) is 0.125. The average molecular weight is 466 g/mol. The Morgan fingerprint density at radius 3 is 2.25 bits per heavy atom. The molecule has 32 heavy (non-hydrogen) atoms. The topological polar surface area (TPSA) is 66.2 Å². The van der Waals surface area contributed by atoms with Crippen LogP contribution in [0.4, 0.5) is 0 Å². The van der Waals surface area contributed by atoms with E-state index >= 15 is 0 Å². The molecule has 1 aromatic heterocycles. The lowest BCUT2D eigenvalue weighted by molar-refractivity contribution is -0.139. The molecule has 0 aliphatic rings. The molecule has 0 N–H and O–H groups in total. The molecule has 4 rings (SSSR count). The van der Waals surface area contributed by atoms with Gasteiger partial charge in [0.05, 0.1) is 7.11 Å². The van der Waals surface area contributed by atoms with Crippen molar-refractivity contribution < 1.29 is 14.3 Å². The first-order valence-corrected chi connectivity index (χ1v) is 11.1. The summed E-state index contributed by atoms with van der Waals surface area (Å²) in [6.45, 7) is 1.77. The number of rotatable bonds is 7. The van der Waals surface area contributed by atoms with Gasteiger partial charge in [0.1, 0.15) is 16.7 Å². The van der Waals surface area contributed by atoms with Crippen LogP contribution in [0.25, 0.3) is 17.1 Å². The Morgan fingerprint density at radius 2 is 1.59 bits per heavy atom. The van der Waals surface area contributed by atoms with Gasteiger partial charge >= 0.3 is 5.97 Å². The molecule has 0 aliphatic carbocycles.